The van der Waals surface area contributed by atoms with E-state index in [1.165, 1.54) is 37.2 Å². The predicted octanol–water partition coefficient (Wildman–Crippen LogP) is 1.89. The Morgan fingerprint density at radius 3 is 1.50 bits per heavy atom. The van der Waals surface area contributed by atoms with Gasteiger partial charge >= 0.3 is 10.4 Å². The van der Waals surface area contributed by atoms with Crippen molar-refractivity contribution in [1.29, 1.82) is 0 Å². The van der Waals surface area contributed by atoms with Crippen molar-refractivity contribution in [3.05, 3.63) is 0 Å². The van der Waals surface area contributed by atoms with Crippen molar-refractivity contribution in [3.63, 3.8) is 0 Å². The first-order valence-electron chi connectivity index (χ1n) is 4.73. The zero-order valence-corrected chi connectivity index (χ0v) is 9.56. The highest BCUT2D eigenvalue weighted by atomic mass is 32.3. The van der Waals surface area contributed by atoms with Crippen LogP contribution in [0.2, 0.25) is 0 Å². The molecule has 0 spiro atoms. The van der Waals surface area contributed by atoms with E-state index in [9.17, 15) is 0 Å². The zero-order valence-electron chi connectivity index (χ0n) is 7.92. The maximum Gasteiger partial charge on any atom is 0.394 e. The lowest BCUT2D eigenvalue weighted by molar-refractivity contribution is 0.381. The van der Waals surface area contributed by atoms with E-state index in [-0.39, 0.29) is 0 Å². The molecule has 0 aromatic rings. The van der Waals surface area contributed by atoms with Crippen molar-refractivity contribution in [2.75, 3.05) is 11.5 Å². The molecule has 6 heteroatoms. The standard InChI is InChI=1S/C8H14S.H2O4S/c1-2-7(1)5-9-6-8-3-4-8;1-5(2,3)4/h7-8H,1-6H2;(H2,1,2,3,4). The van der Waals surface area contributed by atoms with Gasteiger partial charge in [-0.1, -0.05) is 0 Å². The highest BCUT2D eigenvalue weighted by Gasteiger charge is 2.24. The molecule has 0 aromatic heterocycles. The number of hydrogen-bond acceptors (Lipinski definition) is 3. The molecule has 2 saturated carbocycles. The second-order valence-corrected chi connectivity index (χ2v) is 5.84. The van der Waals surface area contributed by atoms with Crippen molar-refractivity contribution < 1.29 is 17.5 Å². The first-order valence-corrected chi connectivity index (χ1v) is 7.28. The first-order chi connectivity index (χ1) is 6.45. The van der Waals surface area contributed by atoms with Crippen LogP contribution >= 0.6 is 11.8 Å². The van der Waals surface area contributed by atoms with Crippen LogP contribution in [-0.4, -0.2) is 29.0 Å². The molecule has 0 heterocycles. The minimum Gasteiger partial charge on any atom is -0.264 e. The second kappa shape index (κ2) is 5.34. The maximum atomic E-state index is 8.74. The summed E-state index contributed by atoms with van der Waals surface area (Å²) in [4.78, 5) is 0. The topological polar surface area (TPSA) is 74.6 Å². The zero-order chi connectivity index (χ0) is 10.6. The third-order valence-electron chi connectivity index (χ3n) is 2.10. The number of rotatable bonds is 4. The highest BCUT2D eigenvalue weighted by molar-refractivity contribution is 7.99. The fourth-order valence-corrected chi connectivity index (χ4v) is 2.44. The quantitative estimate of drug-likeness (QED) is 0.734. The fraction of sp³-hybridized carbons (Fsp3) is 1.00. The molecule has 0 amide bonds. The summed E-state index contributed by atoms with van der Waals surface area (Å²) in [5.74, 6) is 5.20. The molecule has 0 bridgehead atoms. The first kappa shape index (κ1) is 12.3. The maximum absolute atomic E-state index is 8.74. The molecule has 4 nitrogen and oxygen atoms in total. The van der Waals surface area contributed by atoms with Crippen LogP contribution in [0.15, 0.2) is 0 Å². The van der Waals surface area contributed by atoms with Gasteiger partial charge in [0.1, 0.15) is 0 Å². The Kier molecular flexibility index (Phi) is 4.69. The van der Waals surface area contributed by atoms with Gasteiger partial charge in [-0.3, -0.25) is 9.11 Å². The number of thioether (sulfide) groups is 1. The van der Waals surface area contributed by atoms with E-state index in [4.69, 9.17) is 17.5 Å². The molecule has 14 heavy (non-hydrogen) atoms. The Bertz CT molecular complexity index is 235. The third kappa shape index (κ3) is 10.3. The molecule has 2 N–H and O–H groups in total. The van der Waals surface area contributed by atoms with E-state index in [1.807, 2.05) is 0 Å². The van der Waals surface area contributed by atoms with Crippen LogP contribution in [0.4, 0.5) is 0 Å². The van der Waals surface area contributed by atoms with Crippen molar-refractivity contribution in [2.24, 2.45) is 11.8 Å². The van der Waals surface area contributed by atoms with Crippen LogP contribution in [0.1, 0.15) is 25.7 Å². The minimum atomic E-state index is -4.67. The van der Waals surface area contributed by atoms with E-state index in [2.05, 4.69) is 11.8 Å². The minimum absolute atomic E-state index is 1.13. The van der Waals surface area contributed by atoms with E-state index < -0.39 is 10.4 Å². The summed E-state index contributed by atoms with van der Waals surface area (Å²) in [5, 5.41) is 0. The molecule has 2 aliphatic carbocycles. The lowest BCUT2D eigenvalue weighted by Crippen LogP contribution is -1.89. The summed E-state index contributed by atoms with van der Waals surface area (Å²) in [6, 6.07) is 0. The number of hydrogen-bond donors (Lipinski definition) is 2. The van der Waals surface area contributed by atoms with E-state index in [0.717, 1.165) is 11.8 Å². The summed E-state index contributed by atoms with van der Waals surface area (Å²) in [7, 11) is -4.67. The van der Waals surface area contributed by atoms with Gasteiger partial charge in [0.15, 0.2) is 0 Å². The lowest BCUT2D eigenvalue weighted by Gasteiger charge is -1.94. The highest BCUT2D eigenvalue weighted by Crippen LogP contribution is 2.37. The van der Waals surface area contributed by atoms with Crippen LogP contribution in [-0.2, 0) is 10.4 Å². The van der Waals surface area contributed by atoms with E-state index in [0.29, 0.717) is 0 Å². The van der Waals surface area contributed by atoms with Gasteiger partial charge in [0.05, 0.1) is 0 Å². The molecule has 2 rings (SSSR count). The summed E-state index contributed by atoms with van der Waals surface area (Å²) < 4.78 is 31.6. The molecule has 0 aromatic carbocycles. The van der Waals surface area contributed by atoms with Crippen LogP contribution < -0.4 is 0 Å². The van der Waals surface area contributed by atoms with Crippen LogP contribution in [0.25, 0.3) is 0 Å². The van der Waals surface area contributed by atoms with Crippen molar-refractivity contribution in [2.45, 2.75) is 25.7 Å². The fourth-order valence-electron chi connectivity index (χ4n) is 0.970. The molecule has 0 unspecified atom stereocenters. The molecule has 84 valence electrons. The Labute approximate surface area is 89.0 Å². The second-order valence-electron chi connectivity index (χ2n) is 3.87. The lowest BCUT2D eigenvalue weighted by atomic mass is 10.5. The Balaban J connectivity index is 0.000000171. The normalized spacial score (nSPS) is 21.3. The van der Waals surface area contributed by atoms with Gasteiger partial charge in [-0.2, -0.15) is 20.2 Å². The molecular weight excluding hydrogens is 224 g/mol. The summed E-state index contributed by atoms with van der Waals surface area (Å²) >= 11 is 2.19. The van der Waals surface area contributed by atoms with Crippen LogP contribution in [0, 0.1) is 11.8 Å². The monoisotopic (exact) mass is 240 g/mol. The average molecular weight is 240 g/mol. The van der Waals surface area contributed by atoms with E-state index >= 15 is 0 Å². The van der Waals surface area contributed by atoms with E-state index in [1.54, 1.807) is 0 Å². The predicted molar refractivity (Wildman–Crippen MR) is 57.0 cm³/mol. The van der Waals surface area contributed by atoms with Gasteiger partial charge in [-0.15, -0.1) is 0 Å². The third-order valence-corrected chi connectivity index (χ3v) is 3.52. The SMILES string of the molecule is C1CC1CSCC1CC1.O=S(=O)(O)O. The van der Waals surface area contributed by atoms with Crippen LogP contribution in [0.3, 0.4) is 0 Å². The molecule has 0 aliphatic heterocycles. The van der Waals surface area contributed by atoms with Gasteiger partial charge in [0.2, 0.25) is 0 Å². The Morgan fingerprint density at radius 1 is 1.00 bits per heavy atom. The summed E-state index contributed by atoms with van der Waals surface area (Å²) in [5.41, 5.74) is 0. The summed E-state index contributed by atoms with van der Waals surface area (Å²) in [6.45, 7) is 0. The van der Waals surface area contributed by atoms with Gasteiger partial charge in [-0.05, 0) is 49.0 Å². The van der Waals surface area contributed by atoms with Crippen molar-refractivity contribution in [1.82, 2.24) is 0 Å². The smallest absolute Gasteiger partial charge is 0.264 e. The average Bonchev–Trinajstić information content (AvgIpc) is 2.75. The molecule has 0 atom stereocenters. The molecule has 2 fully saturated rings. The molecular formula is C8H16O4S2. The molecule has 2 aliphatic rings. The van der Waals surface area contributed by atoms with Gasteiger partial charge < -0.3 is 0 Å². The van der Waals surface area contributed by atoms with Gasteiger partial charge in [-0.25, -0.2) is 0 Å². The Morgan fingerprint density at radius 2 is 1.29 bits per heavy atom. The largest absolute Gasteiger partial charge is 0.394 e. The molecule has 0 radical (unpaired) electrons. The summed E-state index contributed by atoms with van der Waals surface area (Å²) in [6.07, 6.45) is 6.10. The van der Waals surface area contributed by atoms with Crippen LogP contribution in [0.5, 0.6) is 0 Å². The van der Waals surface area contributed by atoms with Gasteiger partial charge in [0, 0.05) is 0 Å². The van der Waals surface area contributed by atoms with Crippen molar-refractivity contribution >= 4 is 22.2 Å². The Hall–Kier alpha value is 0.220. The van der Waals surface area contributed by atoms with Gasteiger partial charge in [0.25, 0.3) is 0 Å². The van der Waals surface area contributed by atoms with Crippen molar-refractivity contribution in [3.8, 4) is 0 Å². The molecule has 0 saturated heterocycles.